The summed E-state index contributed by atoms with van der Waals surface area (Å²) in [6, 6.07) is 8.54. The molecular formula is C24H21Cl2N3O6. The third kappa shape index (κ3) is 3.80. The highest BCUT2D eigenvalue weighted by Crippen LogP contribution is 2.42. The fourth-order valence-electron chi connectivity index (χ4n) is 4.70. The van der Waals surface area contributed by atoms with Crippen molar-refractivity contribution >= 4 is 57.2 Å². The SMILES string of the molecule is CC(=O)NC1C(C)OC(n2c(C3=Nc4ccc(Cl)cc4C3=O)c(O)c3cc(Cl)ccc32)C(O)C1O. The molecule has 0 aliphatic carbocycles. The lowest BCUT2D eigenvalue weighted by Gasteiger charge is -2.42. The van der Waals surface area contributed by atoms with Crippen molar-refractivity contribution < 1.29 is 29.6 Å². The summed E-state index contributed by atoms with van der Waals surface area (Å²) < 4.78 is 7.49. The molecule has 5 rings (SSSR count). The van der Waals surface area contributed by atoms with E-state index in [0.717, 1.165) is 0 Å². The van der Waals surface area contributed by atoms with Gasteiger partial charge in [-0.05, 0) is 43.3 Å². The van der Waals surface area contributed by atoms with Crippen LogP contribution in [0.25, 0.3) is 10.9 Å². The zero-order chi connectivity index (χ0) is 25.2. The molecule has 3 heterocycles. The molecule has 0 bridgehead atoms. The predicted molar refractivity (Wildman–Crippen MR) is 130 cm³/mol. The van der Waals surface area contributed by atoms with Crippen LogP contribution in [0.3, 0.4) is 0 Å². The average Bonchev–Trinajstić information content (AvgIpc) is 3.27. The van der Waals surface area contributed by atoms with Crippen molar-refractivity contribution in [3.63, 3.8) is 0 Å². The van der Waals surface area contributed by atoms with Crippen molar-refractivity contribution in [1.82, 2.24) is 9.88 Å². The number of hydrogen-bond donors (Lipinski definition) is 4. The van der Waals surface area contributed by atoms with Gasteiger partial charge >= 0.3 is 0 Å². The molecule has 2 aliphatic rings. The smallest absolute Gasteiger partial charge is 0.217 e. The van der Waals surface area contributed by atoms with Crippen molar-refractivity contribution in [2.45, 2.75) is 44.4 Å². The van der Waals surface area contributed by atoms with Crippen LogP contribution in [0, 0.1) is 0 Å². The Hall–Kier alpha value is -2.95. The Morgan fingerprint density at radius 2 is 1.80 bits per heavy atom. The highest BCUT2D eigenvalue weighted by Gasteiger charge is 2.46. The molecule has 4 N–H and O–H groups in total. The number of aliphatic imine (C=N–C) groups is 1. The number of aromatic hydroxyl groups is 1. The van der Waals surface area contributed by atoms with Crippen LogP contribution in [0.5, 0.6) is 5.75 Å². The first kappa shape index (κ1) is 23.8. The van der Waals surface area contributed by atoms with E-state index in [9.17, 15) is 24.9 Å². The van der Waals surface area contributed by atoms with Gasteiger partial charge in [0.15, 0.2) is 12.0 Å². The number of carbonyl (C=O) groups is 2. The van der Waals surface area contributed by atoms with Crippen LogP contribution in [-0.4, -0.2) is 61.6 Å². The Balaban J connectivity index is 1.69. The fourth-order valence-corrected chi connectivity index (χ4v) is 5.05. The molecule has 0 spiro atoms. The number of carbonyl (C=O) groups excluding carboxylic acids is 2. The lowest BCUT2D eigenvalue weighted by Crippen LogP contribution is -2.61. The number of Topliss-reactive ketones (excluding diaryl/α,β-unsaturated/α-hetero) is 1. The van der Waals surface area contributed by atoms with Crippen LogP contribution in [0.1, 0.15) is 36.1 Å². The minimum absolute atomic E-state index is 0.000941. The molecule has 11 heteroatoms. The standard InChI is InChI=1S/C24H21Cl2N3O6/c1-9-17(27-10(2)30)22(33)23(34)24(35-9)29-16-6-4-12(26)8-14(16)21(32)19(29)18-20(31)13-7-11(25)3-5-15(13)28-18/h3-9,17,22-24,32-34H,1-2H3,(H,27,30). The molecule has 2 aliphatic heterocycles. The molecule has 1 saturated heterocycles. The number of rotatable bonds is 3. The molecule has 5 unspecified atom stereocenters. The fraction of sp³-hybridized carbons (Fsp3) is 0.292. The van der Waals surface area contributed by atoms with Crippen molar-refractivity contribution in [2.24, 2.45) is 4.99 Å². The number of fused-ring (bicyclic) bond motifs is 2. The zero-order valence-electron chi connectivity index (χ0n) is 18.6. The van der Waals surface area contributed by atoms with E-state index in [0.29, 0.717) is 26.6 Å². The van der Waals surface area contributed by atoms with Crippen LogP contribution < -0.4 is 5.32 Å². The third-order valence-corrected chi connectivity index (χ3v) is 6.78. The molecule has 0 radical (unpaired) electrons. The molecule has 1 amide bonds. The molecule has 2 aromatic carbocycles. The van der Waals surface area contributed by atoms with E-state index in [1.54, 1.807) is 31.2 Å². The second-order valence-corrected chi connectivity index (χ2v) is 9.49. The number of ketones is 1. The molecule has 3 aromatic rings. The molecule has 5 atom stereocenters. The van der Waals surface area contributed by atoms with Gasteiger partial charge in [-0.25, -0.2) is 4.99 Å². The van der Waals surface area contributed by atoms with Gasteiger partial charge in [-0.3, -0.25) is 9.59 Å². The van der Waals surface area contributed by atoms with Crippen LogP contribution in [-0.2, 0) is 9.53 Å². The minimum Gasteiger partial charge on any atom is -0.505 e. The zero-order valence-corrected chi connectivity index (χ0v) is 20.1. The predicted octanol–water partition coefficient (Wildman–Crippen LogP) is 3.11. The third-order valence-electron chi connectivity index (χ3n) is 6.31. The van der Waals surface area contributed by atoms with Crippen LogP contribution in [0.15, 0.2) is 41.4 Å². The van der Waals surface area contributed by atoms with Gasteiger partial charge in [0.25, 0.3) is 0 Å². The van der Waals surface area contributed by atoms with E-state index < -0.39 is 42.3 Å². The lowest BCUT2D eigenvalue weighted by atomic mass is 9.95. The summed E-state index contributed by atoms with van der Waals surface area (Å²) in [5.74, 6) is -1.14. The first-order chi connectivity index (χ1) is 16.6. The molecule has 35 heavy (non-hydrogen) atoms. The average molecular weight is 518 g/mol. The number of aliphatic hydroxyl groups is 2. The molecule has 0 saturated carbocycles. The Kier molecular flexibility index (Phi) is 5.85. The molecule has 1 aromatic heterocycles. The van der Waals surface area contributed by atoms with Gasteiger partial charge in [-0.2, -0.15) is 0 Å². The van der Waals surface area contributed by atoms with E-state index in [4.69, 9.17) is 27.9 Å². The van der Waals surface area contributed by atoms with E-state index >= 15 is 0 Å². The monoisotopic (exact) mass is 517 g/mol. The highest BCUT2D eigenvalue weighted by atomic mass is 35.5. The summed E-state index contributed by atoms with van der Waals surface area (Å²) in [6.45, 7) is 2.94. The van der Waals surface area contributed by atoms with Crippen molar-refractivity contribution in [3.8, 4) is 5.75 Å². The normalized spacial score (nSPS) is 26.1. The number of hydrogen-bond acceptors (Lipinski definition) is 7. The van der Waals surface area contributed by atoms with Crippen molar-refractivity contribution in [1.29, 1.82) is 0 Å². The Labute approximate surface area is 209 Å². The minimum atomic E-state index is -1.53. The summed E-state index contributed by atoms with van der Waals surface area (Å²) in [7, 11) is 0. The molecule has 9 nitrogen and oxygen atoms in total. The highest BCUT2D eigenvalue weighted by molar-refractivity contribution is 6.55. The van der Waals surface area contributed by atoms with Crippen LogP contribution >= 0.6 is 23.2 Å². The number of benzene rings is 2. The van der Waals surface area contributed by atoms with Crippen molar-refractivity contribution in [2.75, 3.05) is 0 Å². The summed E-state index contributed by atoms with van der Waals surface area (Å²) in [4.78, 5) is 29.4. The number of halogens is 2. The topological polar surface area (TPSA) is 133 Å². The Morgan fingerprint density at radius 3 is 2.51 bits per heavy atom. The molecule has 1 fully saturated rings. The maximum Gasteiger partial charge on any atom is 0.217 e. The molecular weight excluding hydrogens is 497 g/mol. The van der Waals surface area contributed by atoms with Crippen molar-refractivity contribution in [3.05, 3.63) is 57.7 Å². The number of nitrogens with one attached hydrogen (secondary N) is 1. The Bertz CT molecular complexity index is 1420. The molecule has 182 valence electrons. The summed E-state index contributed by atoms with van der Waals surface area (Å²) >= 11 is 12.2. The lowest BCUT2D eigenvalue weighted by molar-refractivity contribution is -0.206. The van der Waals surface area contributed by atoms with Crippen LogP contribution in [0.4, 0.5) is 5.69 Å². The maximum absolute atomic E-state index is 13.3. The summed E-state index contributed by atoms with van der Waals surface area (Å²) in [5.41, 5.74) is 0.974. The Morgan fingerprint density at radius 1 is 1.11 bits per heavy atom. The van der Waals surface area contributed by atoms with E-state index in [2.05, 4.69) is 10.3 Å². The van der Waals surface area contributed by atoms with Crippen LogP contribution in [0.2, 0.25) is 10.0 Å². The number of ether oxygens (including phenoxy) is 1. The number of amides is 1. The van der Waals surface area contributed by atoms with Gasteiger partial charge in [0.1, 0.15) is 23.6 Å². The number of nitrogens with zero attached hydrogens (tertiary/aromatic N) is 2. The van der Waals surface area contributed by atoms with E-state index in [-0.39, 0.29) is 22.7 Å². The number of aliphatic hydroxyl groups excluding tert-OH is 2. The maximum atomic E-state index is 13.3. The number of aromatic nitrogens is 1. The quantitative estimate of drug-likeness (QED) is 0.421. The van der Waals surface area contributed by atoms with Gasteiger partial charge in [-0.1, -0.05) is 23.2 Å². The second-order valence-electron chi connectivity index (χ2n) is 8.62. The van der Waals surface area contributed by atoms with Gasteiger partial charge in [-0.15, -0.1) is 0 Å². The largest absolute Gasteiger partial charge is 0.505 e. The van der Waals surface area contributed by atoms with Gasteiger partial charge in [0.2, 0.25) is 11.7 Å². The van der Waals surface area contributed by atoms with Gasteiger partial charge in [0.05, 0.1) is 28.9 Å². The van der Waals surface area contributed by atoms with E-state index in [1.165, 1.54) is 23.6 Å². The first-order valence-electron chi connectivity index (χ1n) is 10.8. The van der Waals surface area contributed by atoms with Gasteiger partial charge in [0, 0.05) is 22.4 Å². The summed E-state index contributed by atoms with van der Waals surface area (Å²) in [5, 5.41) is 36.7. The first-order valence-corrected chi connectivity index (χ1v) is 11.6. The summed E-state index contributed by atoms with van der Waals surface area (Å²) in [6.07, 6.45) is -4.88. The van der Waals surface area contributed by atoms with E-state index in [1.807, 2.05) is 0 Å². The van der Waals surface area contributed by atoms with Gasteiger partial charge < -0.3 is 29.9 Å². The second kappa shape index (κ2) is 8.61.